The van der Waals surface area contributed by atoms with Crippen LogP contribution in [0.3, 0.4) is 0 Å². The van der Waals surface area contributed by atoms with Crippen molar-refractivity contribution in [3.63, 3.8) is 0 Å². The lowest BCUT2D eigenvalue weighted by Crippen LogP contribution is -2.09. The van der Waals surface area contributed by atoms with Crippen LogP contribution in [-0.2, 0) is 25.0 Å². The number of nitrogens with zero attached hydrogens (tertiary/aromatic N) is 1. The van der Waals surface area contributed by atoms with Gasteiger partial charge in [-0.05, 0) is 55.0 Å². The molecule has 4 nitrogen and oxygen atoms in total. The normalized spacial score (nSPS) is 11.0. The lowest BCUT2D eigenvalue weighted by Gasteiger charge is -2.12. The molecule has 0 aliphatic rings. The van der Waals surface area contributed by atoms with E-state index in [1.54, 1.807) is 24.3 Å². The first-order chi connectivity index (χ1) is 14.9. The van der Waals surface area contributed by atoms with E-state index in [0.29, 0.717) is 22.2 Å². The van der Waals surface area contributed by atoms with Crippen molar-refractivity contribution in [2.45, 2.75) is 20.1 Å². The van der Waals surface area contributed by atoms with Crippen molar-refractivity contribution < 1.29 is 14.3 Å². The van der Waals surface area contributed by atoms with Crippen LogP contribution in [-0.4, -0.2) is 10.5 Å². The number of halogens is 2. The fourth-order valence-electron chi connectivity index (χ4n) is 3.56. The van der Waals surface area contributed by atoms with Gasteiger partial charge in [0.25, 0.3) is 0 Å². The van der Waals surface area contributed by atoms with Gasteiger partial charge in [-0.15, -0.1) is 0 Å². The second-order valence-corrected chi connectivity index (χ2v) is 8.13. The lowest BCUT2D eigenvalue weighted by atomic mass is 10.1. The smallest absolute Gasteiger partial charge is 0.338 e. The lowest BCUT2D eigenvalue weighted by molar-refractivity contribution is 0.0472. The first kappa shape index (κ1) is 21.3. The molecule has 31 heavy (non-hydrogen) atoms. The Balaban J connectivity index is 1.60. The predicted molar refractivity (Wildman–Crippen MR) is 124 cm³/mol. The van der Waals surface area contributed by atoms with Crippen LogP contribution in [0, 0.1) is 6.92 Å². The summed E-state index contributed by atoms with van der Waals surface area (Å²) in [6, 6.07) is 20.3. The van der Waals surface area contributed by atoms with E-state index < -0.39 is 5.97 Å². The van der Waals surface area contributed by atoms with E-state index in [4.69, 9.17) is 32.7 Å². The van der Waals surface area contributed by atoms with Gasteiger partial charge in [-0.1, -0.05) is 47.5 Å². The quantitative estimate of drug-likeness (QED) is 0.303. The zero-order chi connectivity index (χ0) is 22.0. The van der Waals surface area contributed by atoms with Gasteiger partial charge in [0.15, 0.2) is 0 Å². The van der Waals surface area contributed by atoms with Gasteiger partial charge in [-0.3, -0.25) is 0 Å². The number of benzene rings is 3. The van der Waals surface area contributed by atoms with Crippen LogP contribution in [0.1, 0.15) is 27.2 Å². The van der Waals surface area contributed by atoms with Gasteiger partial charge in [0.1, 0.15) is 19.0 Å². The van der Waals surface area contributed by atoms with Crippen LogP contribution in [0.5, 0.6) is 5.75 Å². The molecular formula is C25H21Cl2NO3. The summed E-state index contributed by atoms with van der Waals surface area (Å²) in [6.07, 6.45) is 0. The topological polar surface area (TPSA) is 40.5 Å². The van der Waals surface area contributed by atoms with Crippen LogP contribution >= 0.6 is 23.2 Å². The van der Waals surface area contributed by atoms with E-state index in [0.717, 1.165) is 33.5 Å². The number of rotatable bonds is 6. The third kappa shape index (κ3) is 4.55. The molecule has 0 N–H and O–H groups in total. The maximum atomic E-state index is 12.5. The minimum absolute atomic E-state index is 0.130. The third-order valence-corrected chi connectivity index (χ3v) is 5.92. The van der Waals surface area contributed by atoms with Crippen LogP contribution in [0.25, 0.3) is 10.9 Å². The Labute approximate surface area is 190 Å². The van der Waals surface area contributed by atoms with Crippen LogP contribution in [0.15, 0.2) is 66.7 Å². The molecule has 0 aliphatic carbocycles. The molecule has 0 bridgehead atoms. The Kier molecular flexibility index (Phi) is 6.21. The molecule has 0 fully saturated rings. The highest BCUT2D eigenvalue weighted by atomic mass is 35.5. The van der Waals surface area contributed by atoms with Gasteiger partial charge < -0.3 is 14.0 Å². The molecule has 0 atom stereocenters. The molecule has 4 aromatic rings. The number of para-hydroxylation sites is 1. The SMILES string of the molecule is Cc1cc(OCc2c(COC(=O)c3cccc(Cl)c3)c3ccccc3n2C)ccc1Cl. The third-order valence-electron chi connectivity index (χ3n) is 5.26. The molecule has 6 heteroatoms. The fraction of sp³-hybridized carbons (Fsp3) is 0.160. The van der Waals surface area contributed by atoms with Gasteiger partial charge in [0.05, 0.1) is 11.3 Å². The van der Waals surface area contributed by atoms with Gasteiger partial charge in [-0.25, -0.2) is 4.79 Å². The van der Waals surface area contributed by atoms with Crippen molar-refractivity contribution in [2.24, 2.45) is 7.05 Å². The summed E-state index contributed by atoms with van der Waals surface area (Å²) < 4.78 is 13.8. The Morgan fingerprint density at radius 3 is 2.55 bits per heavy atom. The predicted octanol–water partition coefficient (Wildman–Crippen LogP) is 6.73. The molecule has 0 amide bonds. The Hall–Kier alpha value is -2.95. The highest BCUT2D eigenvalue weighted by Crippen LogP contribution is 2.28. The Morgan fingerprint density at radius 1 is 0.968 bits per heavy atom. The van der Waals surface area contributed by atoms with Crippen molar-refractivity contribution in [3.05, 3.63) is 99.2 Å². The summed E-state index contributed by atoms with van der Waals surface area (Å²) in [5.41, 5.74) is 4.27. The van der Waals surface area contributed by atoms with Gasteiger partial charge in [-0.2, -0.15) is 0 Å². The molecule has 0 saturated carbocycles. The Bertz CT molecular complexity index is 1260. The average Bonchev–Trinajstić information content (AvgIpc) is 3.04. The summed E-state index contributed by atoms with van der Waals surface area (Å²) >= 11 is 12.1. The summed E-state index contributed by atoms with van der Waals surface area (Å²) in [5, 5.41) is 2.22. The largest absolute Gasteiger partial charge is 0.487 e. The second kappa shape index (κ2) is 9.04. The molecule has 1 aromatic heterocycles. The van der Waals surface area contributed by atoms with Crippen molar-refractivity contribution in [1.82, 2.24) is 4.57 Å². The number of aryl methyl sites for hydroxylation is 2. The van der Waals surface area contributed by atoms with Crippen molar-refractivity contribution in [1.29, 1.82) is 0 Å². The number of carbonyl (C=O) groups excluding carboxylic acids is 1. The molecule has 0 spiro atoms. The highest BCUT2D eigenvalue weighted by molar-refractivity contribution is 6.31. The van der Waals surface area contributed by atoms with Crippen molar-refractivity contribution in [2.75, 3.05) is 0 Å². The van der Waals surface area contributed by atoms with E-state index in [1.165, 1.54) is 0 Å². The van der Waals surface area contributed by atoms with E-state index >= 15 is 0 Å². The molecule has 0 radical (unpaired) electrons. The summed E-state index contributed by atoms with van der Waals surface area (Å²) in [7, 11) is 1.98. The van der Waals surface area contributed by atoms with E-state index in [2.05, 4.69) is 4.57 Å². The van der Waals surface area contributed by atoms with E-state index in [9.17, 15) is 4.79 Å². The van der Waals surface area contributed by atoms with Crippen LogP contribution in [0.2, 0.25) is 10.0 Å². The minimum atomic E-state index is -0.421. The van der Waals surface area contributed by atoms with E-state index in [-0.39, 0.29) is 6.61 Å². The minimum Gasteiger partial charge on any atom is -0.487 e. The first-order valence-electron chi connectivity index (χ1n) is 9.81. The maximum Gasteiger partial charge on any atom is 0.338 e. The molecule has 0 aliphatic heterocycles. The second-order valence-electron chi connectivity index (χ2n) is 7.29. The zero-order valence-electron chi connectivity index (χ0n) is 17.2. The monoisotopic (exact) mass is 453 g/mol. The van der Waals surface area contributed by atoms with Gasteiger partial charge in [0, 0.05) is 33.6 Å². The zero-order valence-corrected chi connectivity index (χ0v) is 18.7. The molecule has 0 unspecified atom stereocenters. The number of aromatic nitrogens is 1. The first-order valence-corrected chi connectivity index (χ1v) is 10.6. The molecular weight excluding hydrogens is 433 g/mol. The van der Waals surface area contributed by atoms with Crippen molar-refractivity contribution >= 4 is 40.1 Å². The number of fused-ring (bicyclic) bond motifs is 1. The molecule has 4 rings (SSSR count). The number of hydrogen-bond acceptors (Lipinski definition) is 3. The molecule has 0 saturated heterocycles. The van der Waals surface area contributed by atoms with Crippen LogP contribution in [0.4, 0.5) is 0 Å². The number of ether oxygens (including phenoxy) is 2. The number of esters is 1. The standard InChI is InChI=1S/C25H21Cl2NO3/c1-16-12-19(10-11-22(16)27)30-15-24-21(20-8-3-4-9-23(20)28(24)2)14-31-25(29)17-6-5-7-18(26)13-17/h3-13H,14-15H2,1-2H3. The summed E-state index contributed by atoms with van der Waals surface area (Å²) in [6.45, 7) is 2.40. The van der Waals surface area contributed by atoms with Gasteiger partial charge >= 0.3 is 5.97 Å². The van der Waals surface area contributed by atoms with E-state index in [1.807, 2.05) is 56.4 Å². The van der Waals surface area contributed by atoms with Crippen LogP contribution < -0.4 is 4.74 Å². The number of carbonyl (C=O) groups is 1. The molecule has 158 valence electrons. The highest BCUT2D eigenvalue weighted by Gasteiger charge is 2.18. The Morgan fingerprint density at radius 2 is 1.77 bits per heavy atom. The number of hydrogen-bond donors (Lipinski definition) is 0. The molecule has 3 aromatic carbocycles. The molecule has 1 heterocycles. The average molecular weight is 454 g/mol. The van der Waals surface area contributed by atoms with Crippen molar-refractivity contribution in [3.8, 4) is 5.75 Å². The summed E-state index contributed by atoms with van der Waals surface area (Å²) in [5.74, 6) is 0.310. The maximum absolute atomic E-state index is 12.5. The summed E-state index contributed by atoms with van der Waals surface area (Å²) in [4.78, 5) is 12.5. The van der Waals surface area contributed by atoms with Gasteiger partial charge in [0.2, 0.25) is 0 Å². The fourth-order valence-corrected chi connectivity index (χ4v) is 3.87.